The number of anilines is 2. The Balaban J connectivity index is 1.92. The van der Waals surface area contributed by atoms with Crippen LogP contribution >= 0.6 is 0 Å². The van der Waals surface area contributed by atoms with Crippen LogP contribution in [0.4, 0.5) is 29.3 Å². The Bertz CT molecular complexity index is 1040. The van der Waals surface area contributed by atoms with E-state index in [1.807, 2.05) is 20.8 Å². The fourth-order valence-electron chi connectivity index (χ4n) is 3.22. The number of nitrogens with zero attached hydrogens (tertiary/aromatic N) is 3. The van der Waals surface area contributed by atoms with Gasteiger partial charge in [-0.05, 0) is 52.8 Å². The van der Waals surface area contributed by atoms with E-state index >= 15 is 0 Å². The summed E-state index contributed by atoms with van der Waals surface area (Å²) < 4.78 is 44.8. The lowest BCUT2D eigenvalue weighted by atomic mass is 10.1. The Morgan fingerprint density at radius 3 is 2.53 bits per heavy atom. The molecular formula is C21H24F3N5O3. The molecule has 11 heteroatoms. The van der Waals surface area contributed by atoms with Crippen LogP contribution in [0.15, 0.2) is 30.5 Å². The summed E-state index contributed by atoms with van der Waals surface area (Å²) in [6, 6.07) is 4.80. The molecule has 0 spiro atoms. The fraction of sp³-hybridized carbons (Fsp3) is 0.429. The molecule has 2 atom stereocenters. The second-order valence-corrected chi connectivity index (χ2v) is 8.46. The van der Waals surface area contributed by atoms with Crippen LogP contribution in [0.5, 0.6) is 5.75 Å². The van der Waals surface area contributed by atoms with E-state index in [0.717, 1.165) is 6.20 Å². The molecule has 2 aromatic rings. The quantitative estimate of drug-likeness (QED) is 0.726. The van der Waals surface area contributed by atoms with E-state index in [1.54, 1.807) is 32.0 Å². The number of alkyl halides is 3. The lowest BCUT2D eigenvalue weighted by Gasteiger charge is -2.37. The van der Waals surface area contributed by atoms with Gasteiger partial charge in [0.2, 0.25) is 5.82 Å². The Morgan fingerprint density at radius 2 is 1.91 bits per heavy atom. The number of aromatic nitrogens is 2. The first-order valence-corrected chi connectivity index (χ1v) is 9.89. The molecule has 2 N–H and O–H groups in total. The van der Waals surface area contributed by atoms with Crippen molar-refractivity contribution in [2.75, 3.05) is 10.2 Å². The van der Waals surface area contributed by atoms with Gasteiger partial charge in [-0.25, -0.2) is 14.8 Å². The summed E-state index contributed by atoms with van der Waals surface area (Å²) in [5, 5.41) is 5.46. The number of carbonyl (C=O) groups excluding carboxylic acids is 2. The molecule has 0 saturated carbocycles. The smallest absolute Gasteiger partial charge is 0.451 e. The van der Waals surface area contributed by atoms with Gasteiger partial charge in [0.15, 0.2) is 6.10 Å². The van der Waals surface area contributed by atoms with Crippen LogP contribution in [0.25, 0.3) is 0 Å². The standard InChI is InChI=1S/C21H24F3N5O3/c1-11(14-8-9-25-18(27-14)21(22,23)24)29-15-7-6-13(26-19(31)28-20(3,4)5)10-16(15)32-12(2)17(29)30/h6-12H,1-5H3,(H2,26,28,31)/t11-,12-/m1/s1. The number of rotatable bonds is 3. The minimum absolute atomic E-state index is 0.0347. The van der Waals surface area contributed by atoms with Crippen molar-refractivity contribution in [3.8, 4) is 5.75 Å². The molecule has 1 aliphatic rings. The van der Waals surface area contributed by atoms with Crippen LogP contribution in [0.1, 0.15) is 52.2 Å². The monoisotopic (exact) mass is 451 g/mol. The maximum atomic E-state index is 13.0. The number of benzene rings is 1. The summed E-state index contributed by atoms with van der Waals surface area (Å²) in [6.45, 7) is 8.63. The van der Waals surface area contributed by atoms with Gasteiger partial charge >= 0.3 is 12.2 Å². The highest BCUT2D eigenvalue weighted by Crippen LogP contribution is 2.40. The van der Waals surface area contributed by atoms with Crippen LogP contribution in [0, 0.1) is 0 Å². The molecule has 3 rings (SSSR count). The van der Waals surface area contributed by atoms with E-state index in [4.69, 9.17) is 4.74 Å². The molecule has 0 fully saturated rings. The van der Waals surface area contributed by atoms with Crippen LogP contribution in [-0.2, 0) is 11.0 Å². The Labute approximate surface area is 183 Å². The van der Waals surface area contributed by atoms with Gasteiger partial charge in [0, 0.05) is 23.5 Å². The van der Waals surface area contributed by atoms with Gasteiger partial charge in [-0.2, -0.15) is 13.2 Å². The van der Waals surface area contributed by atoms with Crippen molar-refractivity contribution in [1.29, 1.82) is 0 Å². The molecule has 0 bridgehead atoms. The van der Waals surface area contributed by atoms with Gasteiger partial charge in [-0.3, -0.25) is 9.69 Å². The number of nitrogens with one attached hydrogen (secondary N) is 2. The van der Waals surface area contributed by atoms with Crippen molar-refractivity contribution in [3.63, 3.8) is 0 Å². The number of hydrogen-bond acceptors (Lipinski definition) is 5. The minimum Gasteiger partial charge on any atom is -0.479 e. The van der Waals surface area contributed by atoms with Gasteiger partial charge in [0.25, 0.3) is 5.91 Å². The van der Waals surface area contributed by atoms with Crippen LogP contribution in [0.2, 0.25) is 0 Å². The third kappa shape index (κ3) is 5.09. The molecule has 1 aromatic carbocycles. The Kier molecular flexibility index (Phi) is 6.03. The molecule has 0 radical (unpaired) electrons. The summed E-state index contributed by atoms with van der Waals surface area (Å²) in [5.74, 6) is -1.40. The van der Waals surface area contributed by atoms with Crippen molar-refractivity contribution in [2.24, 2.45) is 0 Å². The van der Waals surface area contributed by atoms with Crippen LogP contribution in [-0.4, -0.2) is 33.5 Å². The predicted octanol–water partition coefficient (Wildman–Crippen LogP) is 4.29. The lowest BCUT2D eigenvalue weighted by molar-refractivity contribution is -0.145. The summed E-state index contributed by atoms with van der Waals surface area (Å²) in [4.78, 5) is 33.2. The van der Waals surface area contributed by atoms with Crippen LogP contribution in [0.3, 0.4) is 0 Å². The number of urea groups is 1. The van der Waals surface area contributed by atoms with E-state index in [9.17, 15) is 22.8 Å². The van der Waals surface area contributed by atoms with E-state index in [-0.39, 0.29) is 5.69 Å². The second kappa shape index (κ2) is 8.29. The molecule has 8 nitrogen and oxygen atoms in total. The maximum Gasteiger partial charge on any atom is 0.451 e. The SMILES string of the molecule is C[C@H](c1ccnc(C(F)(F)F)n1)N1C(=O)[C@@H](C)Oc2cc(NC(=O)NC(C)(C)C)ccc21. The maximum absolute atomic E-state index is 13.0. The topological polar surface area (TPSA) is 96.5 Å². The summed E-state index contributed by atoms with van der Waals surface area (Å²) >= 11 is 0. The molecular weight excluding hydrogens is 427 g/mol. The number of halogens is 3. The largest absolute Gasteiger partial charge is 0.479 e. The van der Waals surface area contributed by atoms with Crippen molar-refractivity contribution in [1.82, 2.24) is 15.3 Å². The minimum atomic E-state index is -4.70. The number of amides is 3. The zero-order valence-electron chi connectivity index (χ0n) is 18.2. The number of fused-ring (bicyclic) bond motifs is 1. The second-order valence-electron chi connectivity index (χ2n) is 8.46. The van der Waals surface area contributed by atoms with Crippen molar-refractivity contribution < 1.29 is 27.5 Å². The molecule has 3 amide bonds. The normalized spacial score (nSPS) is 17.3. The van der Waals surface area contributed by atoms with Gasteiger partial charge in [-0.1, -0.05) is 0 Å². The number of hydrogen-bond donors (Lipinski definition) is 2. The highest BCUT2D eigenvalue weighted by molar-refractivity contribution is 6.01. The third-order valence-corrected chi connectivity index (χ3v) is 4.60. The average Bonchev–Trinajstić information content (AvgIpc) is 2.66. The van der Waals surface area contributed by atoms with Gasteiger partial charge in [-0.15, -0.1) is 0 Å². The molecule has 32 heavy (non-hydrogen) atoms. The first-order chi connectivity index (χ1) is 14.8. The van der Waals surface area contributed by atoms with E-state index in [2.05, 4.69) is 20.6 Å². The zero-order valence-corrected chi connectivity index (χ0v) is 18.2. The molecule has 0 unspecified atom stereocenters. The number of carbonyl (C=O) groups is 2. The van der Waals surface area contributed by atoms with E-state index in [0.29, 0.717) is 17.1 Å². The average molecular weight is 451 g/mol. The molecule has 1 aromatic heterocycles. The zero-order chi connectivity index (χ0) is 23.8. The first kappa shape index (κ1) is 23.3. The first-order valence-electron chi connectivity index (χ1n) is 9.89. The lowest BCUT2D eigenvalue weighted by Crippen LogP contribution is -2.46. The Morgan fingerprint density at radius 1 is 1.22 bits per heavy atom. The Hall–Kier alpha value is -3.37. The van der Waals surface area contributed by atoms with Crippen LogP contribution < -0.4 is 20.3 Å². The molecule has 172 valence electrons. The number of ether oxygens (including phenoxy) is 1. The predicted molar refractivity (Wildman–Crippen MR) is 111 cm³/mol. The highest BCUT2D eigenvalue weighted by atomic mass is 19.4. The summed E-state index contributed by atoms with van der Waals surface area (Å²) in [5.41, 5.74) is 0.387. The highest BCUT2D eigenvalue weighted by Gasteiger charge is 2.38. The van der Waals surface area contributed by atoms with Gasteiger partial charge in [0.05, 0.1) is 17.4 Å². The van der Waals surface area contributed by atoms with Crippen molar-refractivity contribution in [2.45, 2.75) is 58.5 Å². The van der Waals surface area contributed by atoms with Gasteiger partial charge < -0.3 is 15.4 Å². The van der Waals surface area contributed by atoms with Gasteiger partial charge in [0.1, 0.15) is 5.75 Å². The molecule has 0 saturated heterocycles. The molecule has 1 aliphatic heterocycles. The molecule has 2 heterocycles. The van der Waals surface area contributed by atoms with Crippen molar-refractivity contribution in [3.05, 3.63) is 42.0 Å². The molecule has 0 aliphatic carbocycles. The van der Waals surface area contributed by atoms with Crippen molar-refractivity contribution >= 4 is 23.3 Å². The summed E-state index contributed by atoms with van der Waals surface area (Å²) in [6.07, 6.45) is -4.57. The van der Waals surface area contributed by atoms with E-state index < -0.39 is 41.6 Å². The van der Waals surface area contributed by atoms with E-state index in [1.165, 1.54) is 11.0 Å². The summed E-state index contributed by atoms with van der Waals surface area (Å²) in [7, 11) is 0. The fourth-order valence-corrected chi connectivity index (χ4v) is 3.22. The third-order valence-electron chi connectivity index (χ3n) is 4.60.